The molecule has 0 radical (unpaired) electrons. The fourth-order valence-electron chi connectivity index (χ4n) is 2.22. The Kier molecular flexibility index (Phi) is 5.34. The van der Waals surface area contributed by atoms with Crippen LogP contribution in [0.5, 0.6) is 11.5 Å². The van der Waals surface area contributed by atoms with Gasteiger partial charge in [-0.2, -0.15) is 0 Å². The van der Waals surface area contributed by atoms with Crippen molar-refractivity contribution in [1.29, 1.82) is 0 Å². The third-order valence-electron chi connectivity index (χ3n) is 3.70. The zero-order valence-electron chi connectivity index (χ0n) is 12.8. The van der Waals surface area contributed by atoms with Gasteiger partial charge in [-0.1, -0.05) is 38.1 Å². The van der Waals surface area contributed by atoms with Crippen LogP contribution >= 0.6 is 0 Å². The van der Waals surface area contributed by atoms with Crippen molar-refractivity contribution in [2.24, 2.45) is 0 Å². The molecule has 0 heterocycles. The van der Waals surface area contributed by atoms with E-state index in [2.05, 4.69) is 19.2 Å². The Morgan fingerprint density at radius 1 is 1.14 bits per heavy atom. The van der Waals surface area contributed by atoms with E-state index >= 15 is 0 Å². The van der Waals surface area contributed by atoms with Crippen LogP contribution in [-0.4, -0.2) is 7.05 Å². The van der Waals surface area contributed by atoms with Crippen LogP contribution in [0.25, 0.3) is 0 Å². The van der Waals surface area contributed by atoms with Crippen LogP contribution in [-0.2, 0) is 6.54 Å². The second-order valence-electron chi connectivity index (χ2n) is 5.24. The van der Waals surface area contributed by atoms with E-state index in [0.29, 0.717) is 24.0 Å². The van der Waals surface area contributed by atoms with Crippen molar-refractivity contribution in [3.05, 3.63) is 59.4 Å². The average Bonchev–Trinajstić information content (AvgIpc) is 2.51. The van der Waals surface area contributed by atoms with Crippen LogP contribution < -0.4 is 10.1 Å². The molecule has 0 saturated heterocycles. The molecule has 0 fully saturated rings. The zero-order valence-corrected chi connectivity index (χ0v) is 12.8. The smallest absolute Gasteiger partial charge is 0.167 e. The highest BCUT2D eigenvalue weighted by molar-refractivity contribution is 5.40. The summed E-state index contributed by atoms with van der Waals surface area (Å²) in [5, 5.41) is 3.02. The van der Waals surface area contributed by atoms with Crippen molar-refractivity contribution in [3.63, 3.8) is 0 Å². The molecular formula is C18H22FNO. The average molecular weight is 287 g/mol. The molecule has 0 saturated carbocycles. The third-order valence-corrected chi connectivity index (χ3v) is 3.70. The lowest BCUT2D eigenvalue weighted by molar-refractivity contribution is 0.434. The zero-order chi connectivity index (χ0) is 15.2. The maximum atomic E-state index is 14.0. The summed E-state index contributed by atoms with van der Waals surface area (Å²) in [7, 11) is 1.83. The molecule has 3 heteroatoms. The minimum absolute atomic E-state index is 0.295. The van der Waals surface area contributed by atoms with E-state index in [1.807, 2.05) is 37.4 Å². The maximum Gasteiger partial charge on any atom is 0.167 e. The largest absolute Gasteiger partial charge is 0.454 e. The van der Waals surface area contributed by atoms with Crippen LogP contribution in [0.15, 0.2) is 42.5 Å². The topological polar surface area (TPSA) is 21.3 Å². The quantitative estimate of drug-likeness (QED) is 0.820. The van der Waals surface area contributed by atoms with Gasteiger partial charge in [-0.3, -0.25) is 0 Å². The Labute approximate surface area is 126 Å². The van der Waals surface area contributed by atoms with E-state index in [1.165, 1.54) is 11.6 Å². The van der Waals surface area contributed by atoms with Crippen molar-refractivity contribution in [3.8, 4) is 11.5 Å². The Bertz CT molecular complexity index is 580. The Morgan fingerprint density at radius 2 is 1.86 bits per heavy atom. The molecule has 1 N–H and O–H groups in total. The van der Waals surface area contributed by atoms with E-state index in [9.17, 15) is 4.39 Å². The molecule has 21 heavy (non-hydrogen) atoms. The van der Waals surface area contributed by atoms with E-state index in [-0.39, 0.29) is 5.82 Å². The number of rotatable bonds is 6. The fourth-order valence-corrected chi connectivity index (χ4v) is 2.22. The first-order valence-electron chi connectivity index (χ1n) is 7.35. The van der Waals surface area contributed by atoms with E-state index < -0.39 is 0 Å². The molecular weight excluding hydrogens is 265 g/mol. The second-order valence-corrected chi connectivity index (χ2v) is 5.24. The molecule has 0 spiro atoms. The molecule has 1 unspecified atom stereocenters. The van der Waals surface area contributed by atoms with E-state index in [1.54, 1.807) is 6.07 Å². The molecule has 0 aliphatic heterocycles. The third kappa shape index (κ3) is 3.82. The summed E-state index contributed by atoms with van der Waals surface area (Å²) >= 11 is 0. The molecule has 0 aliphatic rings. The van der Waals surface area contributed by atoms with Crippen LogP contribution in [0.3, 0.4) is 0 Å². The molecule has 112 valence electrons. The maximum absolute atomic E-state index is 14.0. The molecule has 2 rings (SSSR count). The van der Waals surface area contributed by atoms with Gasteiger partial charge in [0.1, 0.15) is 5.75 Å². The number of ether oxygens (including phenoxy) is 1. The first-order valence-corrected chi connectivity index (χ1v) is 7.35. The number of benzene rings is 2. The van der Waals surface area contributed by atoms with Crippen LogP contribution in [0.4, 0.5) is 4.39 Å². The summed E-state index contributed by atoms with van der Waals surface area (Å²) in [6.07, 6.45) is 1.10. The molecule has 1 atom stereocenters. The highest BCUT2D eigenvalue weighted by Gasteiger charge is 2.11. The van der Waals surface area contributed by atoms with Crippen LogP contribution in [0.1, 0.15) is 37.3 Å². The predicted molar refractivity (Wildman–Crippen MR) is 84.4 cm³/mol. The van der Waals surface area contributed by atoms with Crippen molar-refractivity contribution < 1.29 is 9.13 Å². The summed E-state index contributed by atoms with van der Waals surface area (Å²) in [4.78, 5) is 0. The lowest BCUT2D eigenvalue weighted by Crippen LogP contribution is -2.07. The van der Waals surface area contributed by atoms with Crippen molar-refractivity contribution >= 4 is 0 Å². The van der Waals surface area contributed by atoms with Gasteiger partial charge in [0.2, 0.25) is 0 Å². The molecule has 2 nitrogen and oxygen atoms in total. The summed E-state index contributed by atoms with van der Waals surface area (Å²) in [6.45, 7) is 4.92. The first-order chi connectivity index (χ1) is 10.2. The normalized spacial score (nSPS) is 12.2. The van der Waals surface area contributed by atoms with E-state index in [0.717, 1.165) is 12.0 Å². The molecule has 0 amide bonds. The van der Waals surface area contributed by atoms with E-state index in [4.69, 9.17) is 4.74 Å². The predicted octanol–water partition coefficient (Wildman–Crippen LogP) is 4.85. The fraction of sp³-hybridized carbons (Fsp3) is 0.333. The Morgan fingerprint density at radius 3 is 2.48 bits per heavy atom. The lowest BCUT2D eigenvalue weighted by atomic mass is 9.99. The summed E-state index contributed by atoms with van der Waals surface area (Å²) < 4.78 is 19.7. The van der Waals surface area contributed by atoms with Gasteiger partial charge in [0.05, 0.1) is 0 Å². The monoisotopic (exact) mass is 287 g/mol. The van der Waals surface area contributed by atoms with Crippen molar-refractivity contribution in [2.75, 3.05) is 7.05 Å². The Hall–Kier alpha value is -1.87. The summed E-state index contributed by atoms with van der Waals surface area (Å²) in [6, 6.07) is 12.9. The van der Waals surface area contributed by atoms with Gasteiger partial charge in [-0.15, -0.1) is 0 Å². The number of hydrogen-bond acceptors (Lipinski definition) is 2. The van der Waals surface area contributed by atoms with Crippen LogP contribution in [0.2, 0.25) is 0 Å². The minimum atomic E-state index is -0.339. The molecule has 2 aromatic rings. The Balaban J connectivity index is 2.22. The standard InChI is InChI=1S/C18H22FNO/c1-4-13(2)14-8-10-16(11-9-14)21-18-15(12-20-3)6-5-7-17(18)19/h5-11,13,20H,4,12H2,1-3H3. The van der Waals surface area contributed by atoms with Gasteiger partial charge in [0.25, 0.3) is 0 Å². The van der Waals surface area contributed by atoms with Gasteiger partial charge < -0.3 is 10.1 Å². The van der Waals surface area contributed by atoms with Crippen molar-refractivity contribution in [1.82, 2.24) is 5.32 Å². The minimum Gasteiger partial charge on any atom is -0.454 e. The number of nitrogens with one attached hydrogen (secondary N) is 1. The van der Waals surface area contributed by atoms with Gasteiger partial charge in [0.15, 0.2) is 11.6 Å². The lowest BCUT2D eigenvalue weighted by Gasteiger charge is -2.13. The highest BCUT2D eigenvalue weighted by atomic mass is 19.1. The van der Waals surface area contributed by atoms with Crippen molar-refractivity contribution in [2.45, 2.75) is 32.7 Å². The van der Waals surface area contributed by atoms with Crippen LogP contribution in [0, 0.1) is 5.82 Å². The number of hydrogen-bond donors (Lipinski definition) is 1. The second kappa shape index (κ2) is 7.23. The molecule has 0 bridgehead atoms. The van der Waals surface area contributed by atoms with Gasteiger partial charge in [-0.05, 0) is 43.1 Å². The van der Waals surface area contributed by atoms with Gasteiger partial charge >= 0.3 is 0 Å². The first kappa shape index (κ1) is 15.5. The van der Waals surface area contributed by atoms with Gasteiger partial charge in [0, 0.05) is 12.1 Å². The van der Waals surface area contributed by atoms with Gasteiger partial charge in [-0.25, -0.2) is 4.39 Å². The number of para-hydroxylation sites is 1. The SMILES string of the molecule is CCC(C)c1ccc(Oc2c(F)cccc2CNC)cc1. The molecule has 2 aromatic carbocycles. The summed E-state index contributed by atoms with van der Waals surface area (Å²) in [5.41, 5.74) is 2.08. The summed E-state index contributed by atoms with van der Waals surface area (Å²) in [5.74, 6) is 1.13. The highest BCUT2D eigenvalue weighted by Crippen LogP contribution is 2.29. The number of halogens is 1. The molecule has 0 aromatic heterocycles. The molecule has 0 aliphatic carbocycles.